The van der Waals surface area contributed by atoms with Gasteiger partial charge in [-0.3, -0.25) is 9.59 Å². The standard InChI is InChI=1S/C22H42N2O5/c1-17(2)19(24-21(28)29-22(3,4)5)20(27)23-16-14-12-10-8-6-7-9-11-13-15-18(25)26/h17,19H,6-16H2,1-5H3,(H,23,27)(H,24,28)(H,25,26)/t19-/m0/s1. The number of carboxylic acids is 1. The van der Waals surface area contributed by atoms with Crippen molar-refractivity contribution in [2.45, 2.75) is 110 Å². The Hall–Kier alpha value is -1.79. The second-order valence-corrected chi connectivity index (χ2v) is 8.98. The van der Waals surface area contributed by atoms with Gasteiger partial charge in [0.25, 0.3) is 0 Å². The van der Waals surface area contributed by atoms with E-state index >= 15 is 0 Å². The van der Waals surface area contributed by atoms with E-state index in [-0.39, 0.29) is 18.2 Å². The summed E-state index contributed by atoms with van der Waals surface area (Å²) >= 11 is 0. The molecule has 7 nitrogen and oxygen atoms in total. The molecule has 0 rings (SSSR count). The average Bonchev–Trinajstić information content (AvgIpc) is 2.58. The molecule has 0 aliphatic heterocycles. The minimum atomic E-state index is -0.711. The van der Waals surface area contributed by atoms with Crippen LogP contribution in [0.15, 0.2) is 0 Å². The smallest absolute Gasteiger partial charge is 0.408 e. The van der Waals surface area contributed by atoms with Crippen LogP contribution in [-0.2, 0) is 14.3 Å². The van der Waals surface area contributed by atoms with Gasteiger partial charge in [0.1, 0.15) is 11.6 Å². The molecule has 29 heavy (non-hydrogen) atoms. The zero-order valence-electron chi connectivity index (χ0n) is 19.0. The van der Waals surface area contributed by atoms with E-state index in [0.29, 0.717) is 6.54 Å². The summed E-state index contributed by atoms with van der Waals surface area (Å²) in [5, 5.41) is 14.1. The van der Waals surface area contributed by atoms with Crippen molar-refractivity contribution in [2.75, 3.05) is 6.54 Å². The quantitative estimate of drug-likeness (QED) is 0.339. The van der Waals surface area contributed by atoms with E-state index in [4.69, 9.17) is 9.84 Å². The van der Waals surface area contributed by atoms with Crippen LogP contribution in [0.5, 0.6) is 0 Å². The van der Waals surface area contributed by atoms with Gasteiger partial charge in [0.05, 0.1) is 0 Å². The molecule has 3 N–H and O–H groups in total. The zero-order chi connectivity index (χ0) is 22.3. The second-order valence-electron chi connectivity index (χ2n) is 8.98. The number of nitrogens with one attached hydrogen (secondary N) is 2. The maximum atomic E-state index is 12.4. The molecule has 0 radical (unpaired) electrons. The first-order valence-electron chi connectivity index (χ1n) is 11.0. The van der Waals surface area contributed by atoms with Gasteiger partial charge in [-0.05, 0) is 39.5 Å². The van der Waals surface area contributed by atoms with Crippen molar-refractivity contribution >= 4 is 18.0 Å². The molecule has 1 atom stereocenters. The summed E-state index contributed by atoms with van der Waals surface area (Å²) in [6, 6.07) is -0.606. The Kier molecular flexibility index (Phi) is 14.2. The molecule has 170 valence electrons. The van der Waals surface area contributed by atoms with E-state index in [0.717, 1.165) is 44.9 Å². The number of carbonyl (C=O) groups is 3. The Bertz CT molecular complexity index is 486. The highest BCUT2D eigenvalue weighted by molar-refractivity contribution is 5.85. The molecule has 0 heterocycles. The third-order valence-corrected chi connectivity index (χ3v) is 4.49. The lowest BCUT2D eigenvalue weighted by atomic mass is 10.0. The highest BCUT2D eigenvalue weighted by Gasteiger charge is 2.26. The van der Waals surface area contributed by atoms with Crippen molar-refractivity contribution in [2.24, 2.45) is 5.92 Å². The normalized spacial score (nSPS) is 12.5. The van der Waals surface area contributed by atoms with Crippen LogP contribution < -0.4 is 10.6 Å². The molecule has 0 aromatic rings. The Labute approximate surface area is 176 Å². The van der Waals surface area contributed by atoms with E-state index < -0.39 is 23.7 Å². The second kappa shape index (κ2) is 15.1. The molecule has 7 heteroatoms. The lowest BCUT2D eigenvalue weighted by Gasteiger charge is -2.25. The number of unbranched alkanes of at least 4 members (excludes halogenated alkanes) is 8. The van der Waals surface area contributed by atoms with E-state index in [9.17, 15) is 14.4 Å². The summed E-state index contributed by atoms with van der Waals surface area (Å²) in [5.41, 5.74) is -0.597. The molecule has 0 aromatic carbocycles. The molecule has 0 aromatic heterocycles. The predicted molar refractivity (Wildman–Crippen MR) is 115 cm³/mol. The third kappa shape index (κ3) is 16.8. The minimum absolute atomic E-state index is 0.0296. The van der Waals surface area contributed by atoms with E-state index in [2.05, 4.69) is 10.6 Å². The van der Waals surface area contributed by atoms with Crippen LogP contribution in [0, 0.1) is 5.92 Å². The minimum Gasteiger partial charge on any atom is -0.481 e. The first kappa shape index (κ1) is 27.2. The topological polar surface area (TPSA) is 105 Å². The molecule has 0 bridgehead atoms. The van der Waals surface area contributed by atoms with Crippen LogP contribution >= 0.6 is 0 Å². The largest absolute Gasteiger partial charge is 0.481 e. The Morgan fingerprint density at radius 2 is 1.34 bits per heavy atom. The number of ether oxygens (including phenoxy) is 1. The molecule has 0 saturated heterocycles. The fraction of sp³-hybridized carbons (Fsp3) is 0.864. The van der Waals surface area contributed by atoms with Gasteiger partial charge in [-0.15, -0.1) is 0 Å². The van der Waals surface area contributed by atoms with Crippen molar-refractivity contribution in [1.29, 1.82) is 0 Å². The monoisotopic (exact) mass is 414 g/mol. The van der Waals surface area contributed by atoms with Crippen molar-refractivity contribution in [3.8, 4) is 0 Å². The van der Waals surface area contributed by atoms with Crippen LogP contribution in [0.1, 0.15) is 98.8 Å². The van der Waals surface area contributed by atoms with Crippen LogP contribution in [0.2, 0.25) is 0 Å². The summed E-state index contributed by atoms with van der Waals surface area (Å²) in [7, 11) is 0. The van der Waals surface area contributed by atoms with Crippen LogP contribution in [-0.4, -0.2) is 41.3 Å². The maximum absolute atomic E-state index is 12.4. The zero-order valence-corrected chi connectivity index (χ0v) is 19.0. The number of amides is 2. The van der Waals surface area contributed by atoms with Gasteiger partial charge >= 0.3 is 12.1 Å². The fourth-order valence-corrected chi connectivity index (χ4v) is 2.93. The Morgan fingerprint density at radius 1 is 0.862 bits per heavy atom. The molecule has 0 saturated carbocycles. The third-order valence-electron chi connectivity index (χ3n) is 4.49. The molecule has 0 aliphatic carbocycles. The van der Waals surface area contributed by atoms with Crippen LogP contribution in [0.3, 0.4) is 0 Å². The number of carboxylic acid groups (broad SMARTS) is 1. The van der Waals surface area contributed by atoms with E-state index in [1.807, 2.05) is 13.8 Å². The highest BCUT2D eigenvalue weighted by Crippen LogP contribution is 2.11. The number of rotatable bonds is 15. The van der Waals surface area contributed by atoms with Crippen molar-refractivity contribution in [1.82, 2.24) is 10.6 Å². The van der Waals surface area contributed by atoms with Crippen LogP contribution in [0.25, 0.3) is 0 Å². The molecule has 2 amide bonds. The summed E-state index contributed by atoms with van der Waals surface area (Å²) in [4.78, 5) is 34.7. The highest BCUT2D eigenvalue weighted by atomic mass is 16.6. The summed E-state index contributed by atoms with van der Waals surface area (Å²) < 4.78 is 5.23. The van der Waals surface area contributed by atoms with Gasteiger partial charge in [0, 0.05) is 13.0 Å². The van der Waals surface area contributed by atoms with Gasteiger partial charge < -0.3 is 20.5 Å². The molecule has 0 unspecified atom stereocenters. The predicted octanol–water partition coefficient (Wildman–Crippen LogP) is 4.64. The van der Waals surface area contributed by atoms with E-state index in [1.165, 1.54) is 12.8 Å². The van der Waals surface area contributed by atoms with Crippen molar-refractivity contribution in [3.05, 3.63) is 0 Å². The van der Waals surface area contributed by atoms with Gasteiger partial charge in [0.15, 0.2) is 0 Å². The molecular weight excluding hydrogens is 372 g/mol. The fourth-order valence-electron chi connectivity index (χ4n) is 2.93. The van der Waals surface area contributed by atoms with Gasteiger partial charge in [0.2, 0.25) is 5.91 Å². The lowest BCUT2D eigenvalue weighted by molar-refractivity contribution is -0.137. The number of alkyl carbamates (subject to hydrolysis) is 1. The molecule has 0 fully saturated rings. The van der Waals surface area contributed by atoms with Crippen molar-refractivity contribution in [3.63, 3.8) is 0 Å². The molecule has 0 spiro atoms. The molecular formula is C22H42N2O5. The Balaban J connectivity index is 3.81. The summed E-state index contributed by atoms with van der Waals surface area (Å²) in [6.45, 7) is 9.75. The number of aliphatic carboxylic acids is 1. The summed E-state index contributed by atoms with van der Waals surface area (Å²) in [5.74, 6) is -0.914. The number of hydrogen-bond donors (Lipinski definition) is 3. The van der Waals surface area contributed by atoms with E-state index in [1.54, 1.807) is 20.8 Å². The lowest BCUT2D eigenvalue weighted by Crippen LogP contribution is -2.51. The van der Waals surface area contributed by atoms with Gasteiger partial charge in [-0.1, -0.05) is 58.8 Å². The number of carbonyl (C=O) groups excluding carboxylic acids is 2. The Morgan fingerprint density at radius 3 is 1.79 bits per heavy atom. The average molecular weight is 415 g/mol. The SMILES string of the molecule is CC(C)[C@H](NC(=O)OC(C)(C)C)C(=O)NCCCCCCCCCCCC(=O)O. The summed E-state index contributed by atoms with van der Waals surface area (Å²) in [6.07, 6.45) is 9.18. The molecule has 0 aliphatic rings. The van der Waals surface area contributed by atoms with Crippen LogP contribution in [0.4, 0.5) is 4.79 Å². The van der Waals surface area contributed by atoms with Gasteiger partial charge in [-0.2, -0.15) is 0 Å². The van der Waals surface area contributed by atoms with Gasteiger partial charge in [-0.25, -0.2) is 4.79 Å². The first-order valence-corrected chi connectivity index (χ1v) is 11.0. The van der Waals surface area contributed by atoms with Crippen molar-refractivity contribution < 1.29 is 24.2 Å². The maximum Gasteiger partial charge on any atom is 0.408 e. The number of hydrogen-bond acceptors (Lipinski definition) is 4. The first-order chi connectivity index (χ1) is 13.5.